The number of likely N-dealkylation sites (N-methyl/N-ethyl adjacent to an activating group) is 1. The van der Waals surface area contributed by atoms with Gasteiger partial charge in [-0.1, -0.05) is 11.6 Å². The molecule has 0 saturated carbocycles. The number of aromatic nitrogens is 1. The Balaban J connectivity index is 1.92. The van der Waals surface area contributed by atoms with Gasteiger partial charge >= 0.3 is 6.18 Å². The van der Waals surface area contributed by atoms with Gasteiger partial charge in [-0.15, -0.1) is 0 Å². The van der Waals surface area contributed by atoms with E-state index in [0.29, 0.717) is 17.1 Å². The highest BCUT2D eigenvalue weighted by Gasteiger charge is 2.44. The van der Waals surface area contributed by atoms with E-state index >= 15 is 0 Å². The first-order valence-corrected chi connectivity index (χ1v) is 6.57. The predicted octanol–water partition coefficient (Wildman–Crippen LogP) is 2.42. The molecule has 1 aromatic heterocycles. The van der Waals surface area contributed by atoms with Gasteiger partial charge in [0.05, 0.1) is 5.02 Å². The number of carbonyl (C=O) groups is 1. The SMILES string of the molecule is CN1C[C@@H](NC(=O)c2cc(Cl)c[nH]2)CC[C@H]1C(F)(F)F. The van der Waals surface area contributed by atoms with Crippen LogP contribution in [0.2, 0.25) is 5.02 Å². The van der Waals surface area contributed by atoms with E-state index < -0.39 is 12.2 Å². The first kappa shape index (κ1) is 15.2. The van der Waals surface area contributed by atoms with Crippen LogP contribution in [0.4, 0.5) is 13.2 Å². The number of piperidine rings is 1. The Bertz CT molecular complexity index is 489. The highest BCUT2D eigenvalue weighted by molar-refractivity contribution is 6.30. The Hall–Kier alpha value is -1.21. The molecule has 0 unspecified atom stereocenters. The minimum Gasteiger partial charge on any atom is -0.356 e. The van der Waals surface area contributed by atoms with E-state index in [1.807, 2.05) is 0 Å². The Morgan fingerprint density at radius 1 is 1.50 bits per heavy atom. The minimum atomic E-state index is -4.23. The number of halogens is 4. The highest BCUT2D eigenvalue weighted by atomic mass is 35.5. The van der Waals surface area contributed by atoms with Gasteiger partial charge in [-0.25, -0.2) is 0 Å². The van der Waals surface area contributed by atoms with Crippen molar-refractivity contribution in [2.24, 2.45) is 0 Å². The molecule has 8 heteroatoms. The Labute approximate surface area is 119 Å². The molecule has 1 aromatic rings. The molecule has 0 bridgehead atoms. The fraction of sp³-hybridized carbons (Fsp3) is 0.583. The summed E-state index contributed by atoms with van der Waals surface area (Å²) in [6.07, 6.45) is -2.47. The molecule has 20 heavy (non-hydrogen) atoms. The highest BCUT2D eigenvalue weighted by Crippen LogP contribution is 2.30. The molecule has 4 nitrogen and oxygen atoms in total. The van der Waals surface area contributed by atoms with E-state index in [9.17, 15) is 18.0 Å². The van der Waals surface area contributed by atoms with Crippen molar-refractivity contribution in [1.29, 1.82) is 0 Å². The predicted molar refractivity (Wildman–Crippen MR) is 68.8 cm³/mol. The van der Waals surface area contributed by atoms with Gasteiger partial charge in [-0.2, -0.15) is 13.2 Å². The molecule has 2 atom stereocenters. The lowest BCUT2D eigenvalue weighted by atomic mass is 9.98. The molecule has 2 N–H and O–H groups in total. The Morgan fingerprint density at radius 2 is 2.20 bits per heavy atom. The van der Waals surface area contributed by atoms with Gasteiger partial charge in [0.2, 0.25) is 0 Å². The third-order valence-electron chi connectivity index (χ3n) is 3.43. The number of aromatic amines is 1. The van der Waals surface area contributed by atoms with Crippen LogP contribution in [0.3, 0.4) is 0 Å². The number of rotatable bonds is 2. The van der Waals surface area contributed by atoms with Crippen LogP contribution in [0.1, 0.15) is 23.3 Å². The molecule has 1 aliphatic rings. The Morgan fingerprint density at radius 3 is 2.70 bits per heavy atom. The van der Waals surface area contributed by atoms with Crippen LogP contribution >= 0.6 is 11.6 Å². The number of hydrogen-bond donors (Lipinski definition) is 2. The number of nitrogens with one attached hydrogen (secondary N) is 2. The number of nitrogens with zero attached hydrogens (tertiary/aromatic N) is 1. The summed E-state index contributed by atoms with van der Waals surface area (Å²) in [6.45, 7) is 0.171. The first-order valence-electron chi connectivity index (χ1n) is 6.19. The summed E-state index contributed by atoms with van der Waals surface area (Å²) in [5.74, 6) is -0.360. The average Bonchev–Trinajstić information content (AvgIpc) is 2.74. The van der Waals surface area contributed by atoms with Crippen molar-refractivity contribution in [3.05, 3.63) is 23.0 Å². The number of hydrogen-bond acceptors (Lipinski definition) is 2. The van der Waals surface area contributed by atoms with Crippen LogP contribution in [0.15, 0.2) is 12.3 Å². The van der Waals surface area contributed by atoms with E-state index in [4.69, 9.17) is 11.6 Å². The molecule has 0 aliphatic carbocycles. The van der Waals surface area contributed by atoms with Crippen molar-refractivity contribution in [2.45, 2.75) is 31.1 Å². The van der Waals surface area contributed by atoms with Crippen molar-refractivity contribution in [2.75, 3.05) is 13.6 Å². The van der Waals surface area contributed by atoms with E-state index in [1.54, 1.807) is 0 Å². The lowest BCUT2D eigenvalue weighted by molar-refractivity contribution is -0.188. The molecule has 0 spiro atoms. The normalized spacial score (nSPS) is 24.6. The zero-order valence-corrected chi connectivity index (χ0v) is 11.6. The second-order valence-corrected chi connectivity index (χ2v) is 5.41. The molecule has 2 heterocycles. The van der Waals surface area contributed by atoms with Crippen LogP contribution in [0.25, 0.3) is 0 Å². The van der Waals surface area contributed by atoms with Crippen molar-refractivity contribution in [1.82, 2.24) is 15.2 Å². The number of amides is 1. The van der Waals surface area contributed by atoms with E-state index in [0.717, 1.165) is 0 Å². The second kappa shape index (κ2) is 5.65. The Kier molecular flexibility index (Phi) is 4.29. The van der Waals surface area contributed by atoms with Crippen molar-refractivity contribution in [3.63, 3.8) is 0 Å². The van der Waals surface area contributed by atoms with Crippen molar-refractivity contribution >= 4 is 17.5 Å². The van der Waals surface area contributed by atoms with E-state index in [1.165, 1.54) is 24.2 Å². The molecule has 0 aromatic carbocycles. The third-order valence-corrected chi connectivity index (χ3v) is 3.65. The summed E-state index contributed by atoms with van der Waals surface area (Å²) in [7, 11) is 1.42. The molecular formula is C12H15ClF3N3O. The lowest BCUT2D eigenvalue weighted by Crippen LogP contribution is -2.54. The van der Waals surface area contributed by atoms with Crippen molar-refractivity contribution in [3.8, 4) is 0 Å². The maximum Gasteiger partial charge on any atom is 0.404 e. The summed E-state index contributed by atoms with van der Waals surface area (Å²) in [6, 6.07) is -0.258. The fourth-order valence-electron chi connectivity index (χ4n) is 2.44. The maximum atomic E-state index is 12.7. The summed E-state index contributed by atoms with van der Waals surface area (Å²) in [4.78, 5) is 15.8. The zero-order chi connectivity index (χ0) is 14.9. The summed E-state index contributed by atoms with van der Waals surface area (Å²) in [5.41, 5.74) is 0.301. The standard InChI is InChI=1S/C12H15ClF3N3O/c1-19-6-8(2-3-10(19)12(14,15)16)18-11(20)9-4-7(13)5-17-9/h4-5,8,10,17H,2-3,6H2,1H3,(H,18,20)/t8-,10-/m0/s1. The van der Waals surface area contributed by atoms with Gasteiger partial charge in [-0.05, 0) is 26.0 Å². The first-order chi connectivity index (χ1) is 9.27. The molecule has 1 aliphatic heterocycles. The van der Waals surface area contributed by atoms with Gasteiger partial charge in [0.25, 0.3) is 5.91 Å². The molecule has 1 saturated heterocycles. The molecule has 0 radical (unpaired) electrons. The largest absolute Gasteiger partial charge is 0.404 e. The third kappa shape index (κ3) is 3.46. The number of carbonyl (C=O) groups excluding carboxylic acids is 1. The van der Waals surface area contributed by atoms with Gasteiger partial charge < -0.3 is 10.3 Å². The monoisotopic (exact) mass is 309 g/mol. The van der Waals surface area contributed by atoms with Crippen LogP contribution < -0.4 is 5.32 Å². The minimum absolute atomic E-state index is 0.0174. The smallest absolute Gasteiger partial charge is 0.356 e. The van der Waals surface area contributed by atoms with E-state index in [-0.39, 0.29) is 24.9 Å². The van der Waals surface area contributed by atoms with Crippen LogP contribution in [0, 0.1) is 0 Å². The maximum absolute atomic E-state index is 12.7. The zero-order valence-electron chi connectivity index (χ0n) is 10.8. The molecule has 1 fully saturated rings. The lowest BCUT2D eigenvalue weighted by Gasteiger charge is -2.38. The van der Waals surface area contributed by atoms with Crippen LogP contribution in [-0.2, 0) is 0 Å². The molecular weight excluding hydrogens is 295 g/mol. The van der Waals surface area contributed by atoms with Crippen LogP contribution in [0.5, 0.6) is 0 Å². The number of alkyl halides is 3. The molecule has 2 rings (SSSR count). The average molecular weight is 310 g/mol. The second-order valence-electron chi connectivity index (χ2n) is 4.98. The summed E-state index contributed by atoms with van der Waals surface area (Å²) < 4.78 is 38.1. The number of H-pyrrole nitrogens is 1. The summed E-state index contributed by atoms with van der Waals surface area (Å²) in [5, 5.41) is 3.12. The quantitative estimate of drug-likeness (QED) is 0.881. The molecule has 112 valence electrons. The van der Waals surface area contributed by atoms with Crippen molar-refractivity contribution < 1.29 is 18.0 Å². The van der Waals surface area contributed by atoms with Gasteiger partial charge in [0, 0.05) is 18.8 Å². The van der Waals surface area contributed by atoms with Gasteiger partial charge in [0.1, 0.15) is 11.7 Å². The topological polar surface area (TPSA) is 48.1 Å². The van der Waals surface area contributed by atoms with Crippen LogP contribution in [-0.4, -0.2) is 47.6 Å². The fourth-order valence-corrected chi connectivity index (χ4v) is 2.60. The van der Waals surface area contributed by atoms with Gasteiger partial charge in [-0.3, -0.25) is 9.69 Å². The van der Waals surface area contributed by atoms with E-state index in [2.05, 4.69) is 10.3 Å². The molecule has 1 amide bonds. The summed E-state index contributed by atoms with van der Waals surface area (Å²) >= 11 is 5.70. The number of likely N-dealkylation sites (tertiary alicyclic amines) is 1. The van der Waals surface area contributed by atoms with Gasteiger partial charge in [0.15, 0.2) is 0 Å².